The number of hydrogen-bond acceptors (Lipinski definition) is 4. The molecule has 0 aliphatic heterocycles. The average molecular weight is 258 g/mol. The predicted octanol–water partition coefficient (Wildman–Crippen LogP) is 3.28. The van der Waals surface area contributed by atoms with Crippen LogP contribution in [0, 0.1) is 24.0 Å². The molecule has 5 heteroatoms. The third-order valence-corrected chi connectivity index (χ3v) is 3.06. The number of aryl methyl sites for hydroxylation is 1. The lowest BCUT2D eigenvalue weighted by Crippen LogP contribution is -2.03. The third kappa shape index (κ3) is 2.27. The van der Waals surface area contributed by atoms with Gasteiger partial charge in [-0.2, -0.15) is 0 Å². The smallest absolute Gasteiger partial charge is 0.338 e. The van der Waals surface area contributed by atoms with Crippen molar-refractivity contribution in [3.8, 4) is 17.0 Å². The van der Waals surface area contributed by atoms with E-state index in [1.165, 1.54) is 7.11 Å². The standard InChI is InChI=1S/C14H14N2O3/c1-9-10(2)15-14(19-3)13(16(17)18)12(9)11-7-5-4-6-8-11/h4-8H,1-3H3. The van der Waals surface area contributed by atoms with Gasteiger partial charge in [0, 0.05) is 5.69 Å². The van der Waals surface area contributed by atoms with E-state index in [-0.39, 0.29) is 11.6 Å². The largest absolute Gasteiger partial charge is 0.476 e. The molecule has 0 amide bonds. The molecule has 0 saturated carbocycles. The van der Waals surface area contributed by atoms with E-state index in [2.05, 4.69) is 4.98 Å². The Morgan fingerprint density at radius 3 is 2.37 bits per heavy atom. The first kappa shape index (κ1) is 13.0. The highest BCUT2D eigenvalue weighted by Gasteiger charge is 2.26. The molecule has 0 aliphatic carbocycles. The summed E-state index contributed by atoms with van der Waals surface area (Å²) < 4.78 is 5.05. The SMILES string of the molecule is COc1nc(C)c(C)c(-c2ccccc2)c1[N+](=O)[O-]. The monoisotopic (exact) mass is 258 g/mol. The molecule has 19 heavy (non-hydrogen) atoms. The maximum atomic E-state index is 11.3. The van der Waals surface area contributed by atoms with Crippen LogP contribution < -0.4 is 4.74 Å². The number of pyridine rings is 1. The highest BCUT2D eigenvalue weighted by atomic mass is 16.6. The Morgan fingerprint density at radius 2 is 1.84 bits per heavy atom. The maximum Gasteiger partial charge on any atom is 0.338 e. The fourth-order valence-corrected chi connectivity index (χ4v) is 2.02. The lowest BCUT2D eigenvalue weighted by Gasteiger charge is -2.12. The molecular weight excluding hydrogens is 244 g/mol. The predicted molar refractivity (Wildman–Crippen MR) is 72.4 cm³/mol. The number of rotatable bonds is 3. The molecule has 0 bridgehead atoms. The zero-order valence-electron chi connectivity index (χ0n) is 11.0. The van der Waals surface area contributed by atoms with Gasteiger partial charge in [0.2, 0.25) is 0 Å². The minimum Gasteiger partial charge on any atom is -0.476 e. The number of hydrogen-bond donors (Lipinski definition) is 0. The molecule has 1 aromatic carbocycles. The molecule has 98 valence electrons. The zero-order chi connectivity index (χ0) is 14.0. The van der Waals surface area contributed by atoms with Crippen LogP contribution in [0.25, 0.3) is 11.1 Å². The molecule has 0 radical (unpaired) electrons. The quantitative estimate of drug-likeness (QED) is 0.626. The van der Waals surface area contributed by atoms with Crippen molar-refractivity contribution >= 4 is 5.69 Å². The van der Waals surface area contributed by atoms with Crippen molar-refractivity contribution in [2.45, 2.75) is 13.8 Å². The van der Waals surface area contributed by atoms with Crippen LogP contribution in [0.4, 0.5) is 5.69 Å². The maximum absolute atomic E-state index is 11.3. The number of nitro groups is 1. The minimum atomic E-state index is -0.444. The number of ether oxygens (including phenoxy) is 1. The first-order valence-electron chi connectivity index (χ1n) is 5.81. The molecule has 5 nitrogen and oxygen atoms in total. The fraction of sp³-hybridized carbons (Fsp3) is 0.214. The Labute approximate surface area is 111 Å². The Morgan fingerprint density at radius 1 is 1.21 bits per heavy atom. The second-order valence-corrected chi connectivity index (χ2v) is 4.18. The summed E-state index contributed by atoms with van der Waals surface area (Å²) in [5, 5.41) is 11.3. The van der Waals surface area contributed by atoms with E-state index in [9.17, 15) is 10.1 Å². The summed E-state index contributed by atoms with van der Waals surface area (Å²) in [6, 6.07) is 9.25. The Kier molecular flexibility index (Phi) is 3.46. The Bertz CT molecular complexity index is 624. The third-order valence-electron chi connectivity index (χ3n) is 3.06. The topological polar surface area (TPSA) is 65.3 Å². The number of nitrogens with zero attached hydrogens (tertiary/aromatic N) is 2. The van der Waals surface area contributed by atoms with Crippen molar-refractivity contribution in [3.63, 3.8) is 0 Å². The summed E-state index contributed by atoms with van der Waals surface area (Å²) in [6.45, 7) is 3.64. The molecule has 2 aromatic rings. The van der Waals surface area contributed by atoms with E-state index in [1.54, 1.807) is 0 Å². The number of benzene rings is 1. The van der Waals surface area contributed by atoms with Crippen LogP contribution in [-0.4, -0.2) is 17.0 Å². The van der Waals surface area contributed by atoms with Gasteiger partial charge in [-0.25, -0.2) is 4.98 Å². The molecular formula is C14H14N2O3. The van der Waals surface area contributed by atoms with Gasteiger partial charge in [-0.15, -0.1) is 0 Å². The van der Waals surface area contributed by atoms with Crippen molar-refractivity contribution in [1.82, 2.24) is 4.98 Å². The first-order valence-corrected chi connectivity index (χ1v) is 5.81. The van der Waals surface area contributed by atoms with E-state index < -0.39 is 4.92 Å². The molecule has 1 heterocycles. The van der Waals surface area contributed by atoms with Crippen molar-refractivity contribution in [2.75, 3.05) is 7.11 Å². The van der Waals surface area contributed by atoms with E-state index >= 15 is 0 Å². The Balaban J connectivity index is 2.84. The lowest BCUT2D eigenvalue weighted by atomic mass is 9.98. The summed E-state index contributed by atoms with van der Waals surface area (Å²) in [4.78, 5) is 15.0. The zero-order valence-corrected chi connectivity index (χ0v) is 11.0. The molecule has 0 aliphatic rings. The molecule has 0 spiro atoms. The first-order chi connectivity index (χ1) is 9.06. The highest BCUT2D eigenvalue weighted by molar-refractivity contribution is 5.79. The minimum absolute atomic E-state index is 0.0481. The second-order valence-electron chi connectivity index (χ2n) is 4.18. The molecule has 0 N–H and O–H groups in total. The van der Waals surface area contributed by atoms with Crippen LogP contribution in [0.2, 0.25) is 0 Å². The van der Waals surface area contributed by atoms with Crippen molar-refractivity contribution in [2.24, 2.45) is 0 Å². The molecule has 2 rings (SSSR count). The van der Waals surface area contributed by atoms with Crippen LogP contribution in [0.5, 0.6) is 5.88 Å². The molecule has 1 aromatic heterocycles. The second kappa shape index (κ2) is 5.06. The summed E-state index contributed by atoms with van der Waals surface area (Å²) >= 11 is 0. The Hall–Kier alpha value is -2.43. The van der Waals surface area contributed by atoms with Crippen LogP contribution in [0.1, 0.15) is 11.3 Å². The number of aromatic nitrogens is 1. The average Bonchev–Trinajstić information content (AvgIpc) is 2.41. The van der Waals surface area contributed by atoms with Crippen molar-refractivity contribution in [3.05, 3.63) is 51.7 Å². The van der Waals surface area contributed by atoms with Crippen LogP contribution in [0.3, 0.4) is 0 Å². The van der Waals surface area contributed by atoms with Gasteiger partial charge in [-0.1, -0.05) is 30.3 Å². The van der Waals surface area contributed by atoms with E-state index in [0.29, 0.717) is 5.56 Å². The lowest BCUT2D eigenvalue weighted by molar-refractivity contribution is -0.385. The summed E-state index contributed by atoms with van der Waals surface area (Å²) in [6.07, 6.45) is 0. The van der Waals surface area contributed by atoms with Crippen molar-refractivity contribution < 1.29 is 9.66 Å². The summed E-state index contributed by atoms with van der Waals surface area (Å²) in [7, 11) is 1.39. The van der Waals surface area contributed by atoms with Gasteiger partial charge in [0.05, 0.1) is 17.6 Å². The fourth-order valence-electron chi connectivity index (χ4n) is 2.02. The molecule has 0 saturated heterocycles. The van der Waals surface area contributed by atoms with Gasteiger partial charge < -0.3 is 4.74 Å². The highest BCUT2D eigenvalue weighted by Crippen LogP contribution is 2.39. The van der Waals surface area contributed by atoms with Crippen LogP contribution in [0.15, 0.2) is 30.3 Å². The van der Waals surface area contributed by atoms with Gasteiger partial charge in [-0.3, -0.25) is 10.1 Å². The van der Waals surface area contributed by atoms with Gasteiger partial charge >= 0.3 is 5.69 Å². The molecule has 0 atom stereocenters. The van der Waals surface area contributed by atoms with Gasteiger partial charge in [0.1, 0.15) is 0 Å². The molecule has 0 unspecified atom stereocenters. The van der Waals surface area contributed by atoms with E-state index in [0.717, 1.165) is 16.8 Å². The number of methoxy groups -OCH3 is 1. The summed E-state index contributed by atoms with van der Waals surface area (Å²) in [5.41, 5.74) is 2.78. The van der Waals surface area contributed by atoms with Gasteiger partial charge in [-0.05, 0) is 25.0 Å². The normalized spacial score (nSPS) is 10.3. The summed E-state index contributed by atoms with van der Waals surface area (Å²) in [5.74, 6) is 0.0481. The van der Waals surface area contributed by atoms with Crippen molar-refractivity contribution in [1.29, 1.82) is 0 Å². The van der Waals surface area contributed by atoms with Gasteiger partial charge in [0.15, 0.2) is 0 Å². The van der Waals surface area contributed by atoms with Crippen LogP contribution >= 0.6 is 0 Å². The van der Waals surface area contributed by atoms with Gasteiger partial charge in [0.25, 0.3) is 5.88 Å². The molecule has 0 fully saturated rings. The van der Waals surface area contributed by atoms with E-state index in [4.69, 9.17) is 4.74 Å². The van der Waals surface area contributed by atoms with E-state index in [1.807, 2.05) is 44.2 Å². The van der Waals surface area contributed by atoms with Crippen LogP contribution in [-0.2, 0) is 0 Å².